The van der Waals surface area contributed by atoms with Crippen molar-refractivity contribution in [3.05, 3.63) is 41.1 Å². The maximum Gasteiger partial charge on any atom is 0.329 e. The molecule has 0 aromatic carbocycles. The van der Waals surface area contributed by atoms with E-state index in [-0.39, 0.29) is 30.4 Å². The molecule has 7 nitrogen and oxygen atoms in total. The van der Waals surface area contributed by atoms with E-state index >= 15 is 0 Å². The second-order valence-corrected chi connectivity index (χ2v) is 5.84. The predicted molar refractivity (Wildman–Crippen MR) is 91.7 cm³/mol. The van der Waals surface area contributed by atoms with Gasteiger partial charge in [-0.3, -0.25) is 9.48 Å². The SMILES string of the molecule is CCOC(=O)[C@H](CS)NC(=O)c1ccc(Cn2nc(C(F)F)cc2C(F)F)o1. The summed E-state index contributed by atoms with van der Waals surface area (Å²) in [6.07, 6.45) is -6.02. The molecule has 1 N–H and O–H groups in total. The van der Waals surface area contributed by atoms with Gasteiger partial charge in [0.15, 0.2) is 5.76 Å². The summed E-state index contributed by atoms with van der Waals surface area (Å²) >= 11 is 3.97. The first kappa shape index (κ1) is 21.8. The largest absolute Gasteiger partial charge is 0.464 e. The highest BCUT2D eigenvalue weighted by atomic mass is 32.1. The second-order valence-electron chi connectivity index (χ2n) is 5.48. The van der Waals surface area contributed by atoms with Crippen molar-refractivity contribution in [2.75, 3.05) is 12.4 Å². The Morgan fingerprint density at radius 2 is 2.00 bits per heavy atom. The number of hydrogen-bond acceptors (Lipinski definition) is 6. The summed E-state index contributed by atoms with van der Waals surface area (Å²) in [5, 5.41) is 5.81. The first-order valence-corrected chi connectivity index (χ1v) is 8.71. The molecule has 0 radical (unpaired) electrons. The van der Waals surface area contributed by atoms with Crippen LogP contribution in [0, 0.1) is 0 Å². The predicted octanol–water partition coefficient (Wildman–Crippen LogP) is 2.99. The lowest BCUT2D eigenvalue weighted by Gasteiger charge is -2.14. The number of nitrogens with one attached hydrogen (secondary N) is 1. The van der Waals surface area contributed by atoms with Crippen LogP contribution in [0.2, 0.25) is 0 Å². The van der Waals surface area contributed by atoms with Gasteiger partial charge in [-0.1, -0.05) is 0 Å². The van der Waals surface area contributed by atoms with Crippen LogP contribution in [0.3, 0.4) is 0 Å². The number of carbonyl (C=O) groups is 2. The molecule has 0 bridgehead atoms. The number of halogens is 4. The highest BCUT2D eigenvalue weighted by molar-refractivity contribution is 7.80. The number of rotatable bonds is 9. The molecule has 0 spiro atoms. The van der Waals surface area contributed by atoms with E-state index in [1.54, 1.807) is 6.92 Å². The van der Waals surface area contributed by atoms with Gasteiger partial charge in [0, 0.05) is 5.75 Å². The maximum atomic E-state index is 13.0. The van der Waals surface area contributed by atoms with Gasteiger partial charge in [-0.15, -0.1) is 0 Å². The lowest BCUT2D eigenvalue weighted by atomic mass is 10.3. The van der Waals surface area contributed by atoms with Crippen molar-refractivity contribution >= 4 is 24.5 Å². The zero-order valence-electron chi connectivity index (χ0n) is 14.6. The second kappa shape index (κ2) is 9.62. The molecule has 0 saturated heterocycles. The van der Waals surface area contributed by atoms with Crippen molar-refractivity contribution in [1.29, 1.82) is 0 Å². The highest BCUT2D eigenvalue weighted by Crippen LogP contribution is 2.26. The average molecular weight is 423 g/mol. The monoisotopic (exact) mass is 423 g/mol. The minimum absolute atomic E-state index is 0.0143. The molecule has 1 amide bonds. The zero-order chi connectivity index (χ0) is 20.8. The van der Waals surface area contributed by atoms with Crippen LogP contribution in [0.5, 0.6) is 0 Å². The molecule has 2 aromatic rings. The molecule has 12 heteroatoms. The van der Waals surface area contributed by atoms with E-state index in [9.17, 15) is 27.2 Å². The van der Waals surface area contributed by atoms with Crippen molar-refractivity contribution in [1.82, 2.24) is 15.1 Å². The molecule has 0 aliphatic rings. The summed E-state index contributed by atoms with van der Waals surface area (Å²) in [4.78, 5) is 23.9. The van der Waals surface area contributed by atoms with Crippen LogP contribution in [0.15, 0.2) is 22.6 Å². The number of thiol groups is 1. The van der Waals surface area contributed by atoms with Crippen LogP contribution in [0.1, 0.15) is 47.5 Å². The zero-order valence-corrected chi connectivity index (χ0v) is 15.5. The lowest BCUT2D eigenvalue weighted by molar-refractivity contribution is -0.144. The molecule has 2 rings (SSSR count). The Bertz CT molecular complexity index is 825. The Labute approximate surface area is 162 Å². The number of carbonyl (C=O) groups excluding carboxylic acids is 2. The standard InChI is InChI=1S/C16H17F4N3O4S/c1-2-26-16(25)10(7-28)21-15(24)12-4-3-8(27-12)6-23-11(14(19)20)5-9(22-23)13(17)18/h3-5,10,13-14,28H,2,6-7H2,1H3,(H,21,24)/t10-/m0/s1. The molecule has 0 saturated carbocycles. The van der Waals surface area contributed by atoms with Crippen LogP contribution in [0.4, 0.5) is 17.6 Å². The van der Waals surface area contributed by atoms with Crippen LogP contribution in [-0.4, -0.2) is 40.1 Å². The minimum atomic E-state index is -3.02. The number of amides is 1. The summed E-state index contributed by atoms with van der Waals surface area (Å²) in [6, 6.07) is 2.18. The smallest absolute Gasteiger partial charge is 0.329 e. The number of alkyl halides is 4. The van der Waals surface area contributed by atoms with Gasteiger partial charge in [-0.25, -0.2) is 22.4 Å². The number of aromatic nitrogens is 2. The van der Waals surface area contributed by atoms with Gasteiger partial charge in [-0.2, -0.15) is 17.7 Å². The van der Waals surface area contributed by atoms with E-state index < -0.39 is 42.2 Å². The van der Waals surface area contributed by atoms with Crippen molar-refractivity contribution < 1.29 is 36.3 Å². The first-order valence-electron chi connectivity index (χ1n) is 8.07. The maximum absolute atomic E-state index is 13.0. The topological polar surface area (TPSA) is 86.4 Å². The fourth-order valence-corrected chi connectivity index (χ4v) is 2.49. The molecule has 0 aliphatic heterocycles. The Kier molecular flexibility index (Phi) is 7.49. The number of hydrogen-bond donors (Lipinski definition) is 2. The van der Waals surface area contributed by atoms with Gasteiger partial charge >= 0.3 is 5.97 Å². The lowest BCUT2D eigenvalue weighted by Crippen LogP contribution is -2.43. The van der Waals surface area contributed by atoms with Gasteiger partial charge in [0.1, 0.15) is 23.2 Å². The fourth-order valence-electron chi connectivity index (χ4n) is 2.24. The van der Waals surface area contributed by atoms with Crippen LogP contribution >= 0.6 is 12.6 Å². The van der Waals surface area contributed by atoms with Gasteiger partial charge < -0.3 is 14.5 Å². The van der Waals surface area contributed by atoms with E-state index in [4.69, 9.17) is 9.15 Å². The third-order valence-corrected chi connectivity index (χ3v) is 3.89. The molecular weight excluding hydrogens is 406 g/mol. The molecule has 154 valence electrons. The summed E-state index contributed by atoms with van der Waals surface area (Å²) in [5.41, 5.74) is -1.49. The summed E-state index contributed by atoms with van der Waals surface area (Å²) in [5.74, 6) is -1.60. The van der Waals surface area contributed by atoms with E-state index in [1.807, 2.05) is 0 Å². The van der Waals surface area contributed by atoms with Gasteiger partial charge in [-0.05, 0) is 25.1 Å². The van der Waals surface area contributed by atoms with E-state index in [1.165, 1.54) is 12.1 Å². The van der Waals surface area contributed by atoms with Crippen molar-refractivity contribution in [2.24, 2.45) is 0 Å². The van der Waals surface area contributed by atoms with Gasteiger partial charge in [0.2, 0.25) is 0 Å². The van der Waals surface area contributed by atoms with Crippen LogP contribution in [-0.2, 0) is 16.1 Å². The Morgan fingerprint density at radius 1 is 1.29 bits per heavy atom. The number of furan rings is 1. The minimum Gasteiger partial charge on any atom is -0.464 e. The van der Waals surface area contributed by atoms with Crippen molar-refractivity contribution in [3.63, 3.8) is 0 Å². The number of ether oxygens (including phenoxy) is 1. The van der Waals surface area contributed by atoms with E-state index in [2.05, 4.69) is 23.0 Å². The fraction of sp³-hybridized carbons (Fsp3) is 0.438. The normalized spacial score (nSPS) is 12.4. The summed E-state index contributed by atoms with van der Waals surface area (Å²) in [7, 11) is 0. The molecule has 1 atom stereocenters. The van der Waals surface area contributed by atoms with E-state index in [0.29, 0.717) is 10.7 Å². The molecular formula is C16H17F4N3O4S. The summed E-state index contributed by atoms with van der Waals surface area (Å²) < 4.78 is 62.2. The molecule has 0 unspecified atom stereocenters. The third-order valence-electron chi connectivity index (χ3n) is 3.53. The number of nitrogens with zero attached hydrogens (tertiary/aromatic N) is 2. The van der Waals surface area contributed by atoms with Crippen molar-refractivity contribution in [3.8, 4) is 0 Å². The quantitative estimate of drug-likeness (QED) is 0.368. The molecule has 2 aromatic heterocycles. The Balaban J connectivity index is 2.12. The van der Waals surface area contributed by atoms with Crippen LogP contribution < -0.4 is 5.32 Å². The average Bonchev–Trinajstić information content (AvgIpc) is 3.27. The van der Waals surface area contributed by atoms with Gasteiger partial charge in [0.25, 0.3) is 18.8 Å². The third kappa shape index (κ3) is 5.27. The molecule has 2 heterocycles. The van der Waals surface area contributed by atoms with E-state index in [0.717, 1.165) is 0 Å². The van der Waals surface area contributed by atoms with Crippen LogP contribution in [0.25, 0.3) is 0 Å². The molecule has 28 heavy (non-hydrogen) atoms. The Morgan fingerprint density at radius 3 is 2.57 bits per heavy atom. The summed E-state index contributed by atoms with van der Waals surface area (Å²) in [6.45, 7) is 1.35. The number of esters is 1. The molecule has 0 aliphatic carbocycles. The van der Waals surface area contributed by atoms with Crippen molar-refractivity contribution in [2.45, 2.75) is 32.4 Å². The Hall–Kier alpha value is -2.50. The van der Waals surface area contributed by atoms with Gasteiger partial charge in [0.05, 0.1) is 13.2 Å². The first-order chi connectivity index (χ1) is 13.3. The molecule has 0 fully saturated rings. The highest BCUT2D eigenvalue weighted by Gasteiger charge is 2.24.